The lowest BCUT2D eigenvalue weighted by Crippen LogP contribution is -2.34. The molecular weight excluding hydrogens is 461 g/mol. The van der Waals surface area contributed by atoms with Crippen LogP contribution in [0.15, 0.2) is 77.6 Å². The molecule has 1 amide bonds. The molecule has 0 spiro atoms. The summed E-state index contributed by atoms with van der Waals surface area (Å²) in [6, 6.07) is 18.4. The summed E-state index contributed by atoms with van der Waals surface area (Å²) in [5.41, 5.74) is 1.41. The number of carbonyl (C=O) groups excluding carboxylic acids is 1. The van der Waals surface area contributed by atoms with E-state index in [0.29, 0.717) is 27.9 Å². The van der Waals surface area contributed by atoms with Crippen LogP contribution < -0.4 is 10.9 Å². The molecule has 9 heteroatoms. The molecule has 3 aromatic carbocycles. The van der Waals surface area contributed by atoms with Crippen LogP contribution in [0.25, 0.3) is 10.9 Å². The first kappa shape index (κ1) is 23.1. The fourth-order valence-electron chi connectivity index (χ4n) is 3.66. The highest BCUT2D eigenvalue weighted by Crippen LogP contribution is 2.24. The van der Waals surface area contributed by atoms with Crippen molar-refractivity contribution in [2.45, 2.75) is 13.0 Å². The number of hydrogen-bond acceptors (Lipinski definition) is 4. The van der Waals surface area contributed by atoms with Crippen molar-refractivity contribution in [3.63, 3.8) is 0 Å². The van der Waals surface area contributed by atoms with Gasteiger partial charge in [-0.1, -0.05) is 41.9 Å². The van der Waals surface area contributed by atoms with Crippen molar-refractivity contribution in [2.24, 2.45) is 0 Å². The van der Waals surface area contributed by atoms with Crippen LogP contribution in [-0.4, -0.2) is 21.9 Å². The van der Waals surface area contributed by atoms with Gasteiger partial charge in [-0.15, -0.1) is 0 Å². The number of hydrogen-bond donors (Lipinski definition) is 1. The predicted molar refractivity (Wildman–Crippen MR) is 128 cm³/mol. The Morgan fingerprint density at radius 2 is 1.71 bits per heavy atom. The normalized spacial score (nSPS) is 10.9. The number of halogens is 2. The van der Waals surface area contributed by atoms with Crippen molar-refractivity contribution in [1.82, 2.24) is 9.88 Å². The number of nitro groups is 1. The summed E-state index contributed by atoms with van der Waals surface area (Å²) >= 11 is 6.36. The Labute approximate surface area is 198 Å². The molecule has 0 unspecified atom stereocenters. The number of nitrogens with one attached hydrogen (secondary N) is 1. The zero-order valence-electron chi connectivity index (χ0n) is 17.8. The van der Waals surface area contributed by atoms with Crippen molar-refractivity contribution in [3.8, 4) is 0 Å². The number of nitro benzene ring substituents is 1. The average Bonchev–Trinajstić information content (AvgIpc) is 2.82. The van der Waals surface area contributed by atoms with Crippen LogP contribution in [0.3, 0.4) is 0 Å². The van der Waals surface area contributed by atoms with Gasteiger partial charge in [0.05, 0.1) is 17.0 Å². The molecule has 0 bridgehead atoms. The van der Waals surface area contributed by atoms with Crippen LogP contribution in [0.1, 0.15) is 21.5 Å². The molecule has 172 valence electrons. The topological polar surface area (TPSA) is 94.2 Å². The van der Waals surface area contributed by atoms with Gasteiger partial charge in [0.1, 0.15) is 11.4 Å². The van der Waals surface area contributed by atoms with E-state index >= 15 is 0 Å². The quantitative estimate of drug-likeness (QED) is 0.306. The van der Waals surface area contributed by atoms with Gasteiger partial charge < -0.3 is 9.88 Å². The molecule has 0 aliphatic heterocycles. The summed E-state index contributed by atoms with van der Waals surface area (Å²) in [7, 11) is 0. The minimum Gasteiger partial charge on any atom is -0.352 e. The second-order valence-corrected chi connectivity index (χ2v) is 8.09. The molecule has 4 aromatic rings. The Morgan fingerprint density at radius 1 is 1.03 bits per heavy atom. The lowest BCUT2D eigenvalue weighted by atomic mass is 10.1. The van der Waals surface area contributed by atoms with Crippen LogP contribution in [-0.2, 0) is 13.0 Å². The zero-order valence-corrected chi connectivity index (χ0v) is 18.6. The molecule has 0 saturated heterocycles. The third kappa shape index (κ3) is 4.97. The highest BCUT2D eigenvalue weighted by molar-refractivity contribution is 6.35. The van der Waals surface area contributed by atoms with Gasteiger partial charge in [-0.3, -0.25) is 19.7 Å². The molecule has 1 heterocycles. The van der Waals surface area contributed by atoms with Crippen molar-refractivity contribution < 1.29 is 14.1 Å². The van der Waals surface area contributed by atoms with E-state index in [1.807, 2.05) is 0 Å². The van der Waals surface area contributed by atoms with Gasteiger partial charge in [-0.2, -0.15) is 0 Å². The summed E-state index contributed by atoms with van der Waals surface area (Å²) in [6.07, 6.45) is 0.470. The molecule has 0 fully saturated rings. The Bertz CT molecular complexity index is 1430. The van der Waals surface area contributed by atoms with Crippen molar-refractivity contribution in [2.75, 3.05) is 6.54 Å². The second kappa shape index (κ2) is 9.84. The minimum atomic E-state index is -0.550. The third-order valence-electron chi connectivity index (χ3n) is 5.43. The van der Waals surface area contributed by atoms with Gasteiger partial charge in [-0.05, 0) is 47.9 Å². The number of fused-ring (bicyclic) bond motifs is 1. The molecule has 0 saturated carbocycles. The zero-order chi connectivity index (χ0) is 24.2. The molecular formula is C25H19ClFN3O4. The number of nitrogens with zero attached hydrogens (tertiary/aromatic N) is 2. The van der Waals surface area contributed by atoms with E-state index in [9.17, 15) is 24.1 Å². The van der Waals surface area contributed by atoms with E-state index < -0.39 is 16.4 Å². The van der Waals surface area contributed by atoms with Crippen LogP contribution in [0.2, 0.25) is 5.02 Å². The van der Waals surface area contributed by atoms with Crippen LogP contribution in [0.4, 0.5) is 10.1 Å². The van der Waals surface area contributed by atoms with Crippen molar-refractivity contribution in [1.29, 1.82) is 0 Å². The van der Waals surface area contributed by atoms with Gasteiger partial charge in [0, 0.05) is 29.1 Å². The highest BCUT2D eigenvalue weighted by atomic mass is 35.5. The molecule has 7 nitrogen and oxygen atoms in total. The fourth-order valence-corrected chi connectivity index (χ4v) is 3.88. The van der Waals surface area contributed by atoms with E-state index in [0.717, 1.165) is 5.56 Å². The third-order valence-corrected chi connectivity index (χ3v) is 5.76. The van der Waals surface area contributed by atoms with Crippen LogP contribution in [0, 0.1) is 15.9 Å². The second-order valence-electron chi connectivity index (χ2n) is 7.68. The average molecular weight is 480 g/mol. The molecule has 0 atom stereocenters. The molecule has 4 rings (SSSR count). The van der Waals surface area contributed by atoms with Crippen LogP contribution >= 0.6 is 11.6 Å². The van der Waals surface area contributed by atoms with Gasteiger partial charge >= 0.3 is 0 Å². The molecule has 0 aliphatic carbocycles. The fraction of sp³-hybridized carbons (Fsp3) is 0.120. The monoisotopic (exact) mass is 479 g/mol. The number of carbonyl (C=O) groups is 1. The molecule has 0 aliphatic rings. The van der Waals surface area contributed by atoms with Crippen LogP contribution in [0.5, 0.6) is 0 Å². The Balaban J connectivity index is 1.64. The van der Waals surface area contributed by atoms with E-state index in [4.69, 9.17) is 11.6 Å². The molecule has 34 heavy (non-hydrogen) atoms. The van der Waals surface area contributed by atoms with Gasteiger partial charge in [-0.25, -0.2) is 4.39 Å². The minimum absolute atomic E-state index is 0.0571. The lowest BCUT2D eigenvalue weighted by Gasteiger charge is -2.14. The summed E-state index contributed by atoms with van der Waals surface area (Å²) in [4.78, 5) is 36.6. The number of amides is 1. The van der Waals surface area contributed by atoms with E-state index in [-0.39, 0.29) is 30.2 Å². The summed E-state index contributed by atoms with van der Waals surface area (Å²) in [5.74, 6) is -0.888. The standard InChI is InChI=1S/C25H19ClFN3O4/c26-22-2-1-3-23-20(22)14-21(24(31)28-13-12-16-4-8-18(27)9-5-16)25(32)29(23)15-17-6-10-19(11-7-17)30(33)34/h1-11,14H,12-13,15H2,(H,28,31). The maximum Gasteiger partial charge on any atom is 0.269 e. The van der Waals surface area contributed by atoms with Gasteiger partial charge in [0.25, 0.3) is 17.2 Å². The first-order valence-corrected chi connectivity index (χ1v) is 10.8. The summed E-state index contributed by atoms with van der Waals surface area (Å²) in [6.45, 7) is 0.358. The largest absolute Gasteiger partial charge is 0.352 e. The molecule has 0 radical (unpaired) electrons. The first-order valence-electron chi connectivity index (χ1n) is 10.4. The molecule has 1 N–H and O–H groups in total. The summed E-state index contributed by atoms with van der Waals surface area (Å²) in [5, 5.41) is 14.6. The number of benzene rings is 3. The van der Waals surface area contributed by atoms with E-state index in [1.54, 1.807) is 42.5 Å². The number of pyridine rings is 1. The van der Waals surface area contributed by atoms with Gasteiger partial charge in [0.15, 0.2) is 0 Å². The Morgan fingerprint density at radius 3 is 2.38 bits per heavy atom. The predicted octanol–water partition coefficient (Wildman–Crippen LogP) is 4.72. The number of rotatable bonds is 7. The van der Waals surface area contributed by atoms with Crippen molar-refractivity contribution >= 4 is 34.1 Å². The van der Waals surface area contributed by atoms with Gasteiger partial charge in [0.2, 0.25) is 0 Å². The molecule has 1 aromatic heterocycles. The van der Waals surface area contributed by atoms with E-state index in [2.05, 4.69) is 5.32 Å². The lowest BCUT2D eigenvalue weighted by molar-refractivity contribution is -0.384. The Kier molecular flexibility index (Phi) is 6.70. The number of non-ortho nitro benzene ring substituents is 1. The SMILES string of the molecule is O=C(NCCc1ccc(F)cc1)c1cc2c(Cl)cccc2n(Cc2ccc([N+](=O)[O-])cc2)c1=O. The Hall–Kier alpha value is -4.04. The smallest absolute Gasteiger partial charge is 0.269 e. The first-order chi connectivity index (χ1) is 16.3. The maximum atomic E-state index is 13.3. The maximum absolute atomic E-state index is 13.3. The van der Waals surface area contributed by atoms with E-state index in [1.165, 1.54) is 34.9 Å². The van der Waals surface area contributed by atoms with Crippen molar-refractivity contribution in [3.05, 3.63) is 121 Å². The highest BCUT2D eigenvalue weighted by Gasteiger charge is 2.17. The summed E-state index contributed by atoms with van der Waals surface area (Å²) < 4.78 is 14.5. The number of aromatic nitrogens is 1.